The zero-order valence-corrected chi connectivity index (χ0v) is 18.1. The minimum Gasteiger partial charge on any atom is -0.497 e. The molecule has 170 valence electrons. The molecule has 2 N–H and O–H groups in total. The summed E-state index contributed by atoms with van der Waals surface area (Å²) < 4.78 is 15.8. The van der Waals surface area contributed by atoms with E-state index in [1.54, 1.807) is 67.5 Å². The molecule has 3 amide bonds. The van der Waals surface area contributed by atoms with Gasteiger partial charge in [-0.25, -0.2) is 0 Å². The fourth-order valence-corrected chi connectivity index (χ4v) is 3.15. The van der Waals surface area contributed by atoms with Crippen LogP contribution in [0.3, 0.4) is 0 Å². The van der Waals surface area contributed by atoms with Crippen molar-refractivity contribution >= 4 is 23.4 Å². The smallest absolute Gasteiger partial charge is 0.262 e. The van der Waals surface area contributed by atoms with Gasteiger partial charge >= 0.3 is 0 Å². The molecule has 0 bridgehead atoms. The summed E-state index contributed by atoms with van der Waals surface area (Å²) in [5, 5.41) is 5.44. The highest BCUT2D eigenvalue weighted by Crippen LogP contribution is 2.17. The summed E-state index contributed by atoms with van der Waals surface area (Å²) >= 11 is 0. The first-order valence-corrected chi connectivity index (χ1v) is 10.3. The molecule has 0 spiro atoms. The number of amides is 3. The number of benzene rings is 2. The van der Waals surface area contributed by atoms with Crippen LogP contribution in [0.2, 0.25) is 0 Å². The summed E-state index contributed by atoms with van der Waals surface area (Å²) in [6.07, 6.45) is 0. The molecule has 1 unspecified atom stereocenters. The van der Waals surface area contributed by atoms with Crippen LogP contribution >= 0.6 is 0 Å². The van der Waals surface area contributed by atoms with Crippen molar-refractivity contribution in [2.24, 2.45) is 0 Å². The number of anilines is 1. The maximum absolute atomic E-state index is 12.5. The maximum Gasteiger partial charge on any atom is 0.262 e. The summed E-state index contributed by atoms with van der Waals surface area (Å²) in [6, 6.07) is 12.7. The second-order valence-corrected chi connectivity index (χ2v) is 7.23. The largest absolute Gasteiger partial charge is 0.497 e. The van der Waals surface area contributed by atoms with Crippen molar-refractivity contribution in [2.45, 2.75) is 13.0 Å². The predicted octanol–water partition coefficient (Wildman–Crippen LogP) is 1.69. The van der Waals surface area contributed by atoms with Gasteiger partial charge in [0.15, 0.2) is 6.61 Å². The first-order valence-electron chi connectivity index (χ1n) is 10.3. The minimum atomic E-state index is -0.642. The van der Waals surface area contributed by atoms with Crippen LogP contribution in [0.15, 0.2) is 48.5 Å². The molecule has 9 heteroatoms. The Bertz CT molecular complexity index is 941. The van der Waals surface area contributed by atoms with Gasteiger partial charge in [-0.3, -0.25) is 14.4 Å². The molecule has 1 aliphatic heterocycles. The SMILES string of the molecule is COc1cccc(NC(=O)COc2ccc(C(=O)NC(C)C(=O)N3CCOCC3)cc2)c1. The molecular formula is C23H27N3O6. The normalized spacial score (nSPS) is 14.2. The number of hydrogen-bond donors (Lipinski definition) is 2. The number of carbonyl (C=O) groups excluding carboxylic acids is 3. The molecule has 1 fully saturated rings. The van der Waals surface area contributed by atoms with E-state index in [1.165, 1.54) is 0 Å². The zero-order chi connectivity index (χ0) is 22.9. The number of nitrogens with one attached hydrogen (secondary N) is 2. The van der Waals surface area contributed by atoms with E-state index >= 15 is 0 Å². The molecule has 1 atom stereocenters. The highest BCUT2D eigenvalue weighted by molar-refractivity contribution is 5.97. The predicted molar refractivity (Wildman–Crippen MR) is 118 cm³/mol. The molecule has 32 heavy (non-hydrogen) atoms. The van der Waals surface area contributed by atoms with Gasteiger partial charge in [0.1, 0.15) is 17.5 Å². The van der Waals surface area contributed by atoms with Crippen LogP contribution in [0.1, 0.15) is 17.3 Å². The molecule has 0 aromatic heterocycles. The number of hydrogen-bond acceptors (Lipinski definition) is 6. The van der Waals surface area contributed by atoms with E-state index in [0.717, 1.165) is 0 Å². The molecule has 1 saturated heterocycles. The summed E-state index contributed by atoms with van der Waals surface area (Å²) in [5.41, 5.74) is 0.991. The molecular weight excluding hydrogens is 414 g/mol. The summed E-state index contributed by atoms with van der Waals surface area (Å²) in [7, 11) is 1.55. The average molecular weight is 441 g/mol. The average Bonchev–Trinajstić information content (AvgIpc) is 2.83. The highest BCUT2D eigenvalue weighted by Gasteiger charge is 2.24. The first-order chi connectivity index (χ1) is 15.5. The van der Waals surface area contributed by atoms with Crippen molar-refractivity contribution in [1.82, 2.24) is 10.2 Å². The Morgan fingerprint density at radius 3 is 2.47 bits per heavy atom. The number of rotatable bonds is 8. The molecule has 9 nitrogen and oxygen atoms in total. The van der Waals surface area contributed by atoms with Gasteiger partial charge in [-0.15, -0.1) is 0 Å². The molecule has 2 aromatic rings. The van der Waals surface area contributed by atoms with Crippen molar-refractivity contribution in [3.8, 4) is 11.5 Å². The van der Waals surface area contributed by atoms with Gasteiger partial charge in [-0.05, 0) is 43.3 Å². The van der Waals surface area contributed by atoms with E-state index < -0.39 is 6.04 Å². The Kier molecular flexibility index (Phi) is 8.04. The summed E-state index contributed by atoms with van der Waals surface area (Å²) in [5.74, 6) is 0.263. The van der Waals surface area contributed by atoms with Crippen molar-refractivity contribution in [1.29, 1.82) is 0 Å². The Hall–Kier alpha value is -3.59. The lowest BCUT2D eigenvalue weighted by Crippen LogP contribution is -2.50. The Morgan fingerprint density at radius 1 is 1.06 bits per heavy atom. The number of nitrogens with zero attached hydrogens (tertiary/aromatic N) is 1. The van der Waals surface area contributed by atoms with Crippen LogP contribution < -0.4 is 20.1 Å². The van der Waals surface area contributed by atoms with Gasteiger partial charge in [-0.1, -0.05) is 6.07 Å². The van der Waals surface area contributed by atoms with Gasteiger partial charge in [0.05, 0.1) is 20.3 Å². The lowest BCUT2D eigenvalue weighted by molar-refractivity contribution is -0.136. The standard InChI is InChI=1S/C23H27N3O6/c1-16(23(29)26-10-12-31-13-11-26)24-22(28)17-6-8-19(9-7-17)32-15-21(27)25-18-4-3-5-20(14-18)30-2/h3-9,14,16H,10-13,15H2,1-2H3,(H,24,28)(H,25,27). The van der Waals surface area contributed by atoms with Crippen LogP contribution in [-0.2, 0) is 14.3 Å². The first kappa shape index (κ1) is 23.1. The Balaban J connectivity index is 1.46. The van der Waals surface area contributed by atoms with Crippen molar-refractivity contribution < 1.29 is 28.6 Å². The van der Waals surface area contributed by atoms with E-state index in [0.29, 0.717) is 49.1 Å². The van der Waals surface area contributed by atoms with E-state index in [-0.39, 0.29) is 24.3 Å². The molecule has 2 aromatic carbocycles. The fourth-order valence-electron chi connectivity index (χ4n) is 3.15. The quantitative estimate of drug-likeness (QED) is 0.646. The lowest BCUT2D eigenvalue weighted by atomic mass is 10.2. The highest BCUT2D eigenvalue weighted by atomic mass is 16.5. The van der Waals surface area contributed by atoms with E-state index in [1.807, 2.05) is 0 Å². The van der Waals surface area contributed by atoms with Crippen LogP contribution in [0.5, 0.6) is 11.5 Å². The van der Waals surface area contributed by atoms with Gasteiger partial charge in [0, 0.05) is 30.4 Å². The summed E-state index contributed by atoms with van der Waals surface area (Å²) in [6.45, 7) is 3.53. The monoisotopic (exact) mass is 441 g/mol. The topological polar surface area (TPSA) is 106 Å². The van der Waals surface area contributed by atoms with Gasteiger partial charge < -0.3 is 29.7 Å². The number of methoxy groups -OCH3 is 1. The lowest BCUT2D eigenvalue weighted by Gasteiger charge is -2.29. The van der Waals surface area contributed by atoms with Crippen molar-refractivity contribution in [3.05, 3.63) is 54.1 Å². The van der Waals surface area contributed by atoms with Crippen molar-refractivity contribution in [3.63, 3.8) is 0 Å². The van der Waals surface area contributed by atoms with Crippen LogP contribution in [-0.4, -0.2) is 68.7 Å². The Morgan fingerprint density at radius 2 is 1.78 bits per heavy atom. The van der Waals surface area contributed by atoms with Gasteiger partial charge in [-0.2, -0.15) is 0 Å². The number of carbonyl (C=O) groups is 3. The molecule has 3 rings (SSSR count). The van der Waals surface area contributed by atoms with Gasteiger partial charge in [0.2, 0.25) is 5.91 Å². The van der Waals surface area contributed by atoms with Crippen LogP contribution in [0.4, 0.5) is 5.69 Å². The van der Waals surface area contributed by atoms with E-state index in [9.17, 15) is 14.4 Å². The second-order valence-electron chi connectivity index (χ2n) is 7.23. The number of ether oxygens (including phenoxy) is 3. The van der Waals surface area contributed by atoms with Gasteiger partial charge in [0.25, 0.3) is 11.8 Å². The van der Waals surface area contributed by atoms with E-state index in [2.05, 4.69) is 10.6 Å². The molecule has 0 radical (unpaired) electrons. The second kappa shape index (κ2) is 11.1. The molecule has 0 aliphatic carbocycles. The third kappa shape index (κ3) is 6.45. The fraction of sp³-hybridized carbons (Fsp3) is 0.348. The molecule has 1 heterocycles. The summed E-state index contributed by atoms with van der Waals surface area (Å²) in [4.78, 5) is 38.7. The third-order valence-electron chi connectivity index (χ3n) is 4.88. The van der Waals surface area contributed by atoms with Crippen molar-refractivity contribution in [2.75, 3.05) is 45.3 Å². The molecule has 1 aliphatic rings. The minimum absolute atomic E-state index is 0.136. The van der Waals surface area contributed by atoms with Crippen LogP contribution in [0.25, 0.3) is 0 Å². The van der Waals surface area contributed by atoms with Crippen LogP contribution in [0, 0.1) is 0 Å². The Labute approximate surface area is 186 Å². The number of morpholine rings is 1. The van der Waals surface area contributed by atoms with E-state index in [4.69, 9.17) is 14.2 Å². The molecule has 0 saturated carbocycles. The zero-order valence-electron chi connectivity index (χ0n) is 18.1. The maximum atomic E-state index is 12.5. The third-order valence-corrected chi connectivity index (χ3v) is 4.88.